The second-order valence-electron chi connectivity index (χ2n) is 8.15. The van der Waals surface area contributed by atoms with Crippen LogP contribution in [0.1, 0.15) is 44.0 Å². The van der Waals surface area contributed by atoms with E-state index in [9.17, 15) is 14.4 Å². The number of nitrogens with one attached hydrogen (secondary N) is 1. The first-order chi connectivity index (χ1) is 15.6. The molecule has 1 fully saturated rings. The van der Waals surface area contributed by atoms with Crippen molar-refractivity contribution in [1.29, 1.82) is 0 Å². The number of hydrogen-bond donors (Lipinski definition) is 1. The molecule has 3 rings (SSSR count). The number of anilines is 1. The first kappa shape index (κ1) is 24.7. The van der Waals surface area contributed by atoms with Crippen molar-refractivity contribution < 1.29 is 42.8 Å². The number of methoxy groups -OCH3 is 2. The summed E-state index contributed by atoms with van der Waals surface area (Å²) in [6.45, 7) is 4.89. The highest BCUT2D eigenvalue weighted by Gasteiger charge is 2.45. The minimum atomic E-state index is -1.02. The minimum absolute atomic E-state index is 0.00931. The van der Waals surface area contributed by atoms with Crippen LogP contribution in [0, 0.1) is 0 Å². The van der Waals surface area contributed by atoms with E-state index in [0.717, 1.165) is 0 Å². The number of allylic oxidation sites excluding steroid dienone is 1. The molecule has 1 aromatic rings. The number of cyclic esters (lactones) is 1. The molecule has 1 aromatic carbocycles. The summed E-state index contributed by atoms with van der Waals surface area (Å²) in [4.78, 5) is 38.7. The Morgan fingerprint density at radius 1 is 1.15 bits per heavy atom. The van der Waals surface area contributed by atoms with E-state index in [1.807, 2.05) is 0 Å². The van der Waals surface area contributed by atoms with Crippen LogP contribution in [0.4, 0.5) is 5.69 Å². The number of Topliss-reactive ketones (excluding diaryl/α,β-unsaturated/α-hetero) is 1. The lowest BCUT2D eigenvalue weighted by atomic mass is 10.0. The molecular weight excluding hydrogens is 434 g/mol. The van der Waals surface area contributed by atoms with Gasteiger partial charge in [0.2, 0.25) is 5.91 Å². The molecule has 10 nitrogen and oxygen atoms in total. The largest absolute Gasteiger partial charge is 0.497 e. The first-order valence-corrected chi connectivity index (χ1v) is 10.5. The van der Waals surface area contributed by atoms with Crippen LogP contribution in [0.5, 0.6) is 11.5 Å². The Hall–Kier alpha value is -2.95. The summed E-state index contributed by atoms with van der Waals surface area (Å²) < 4.78 is 32.9. The number of carbonyl (C=O) groups is 3. The number of amides is 1. The predicted octanol–water partition coefficient (Wildman–Crippen LogP) is 2.60. The fraction of sp³-hybridized carbons (Fsp3) is 0.522. The number of hydrogen-bond acceptors (Lipinski definition) is 9. The van der Waals surface area contributed by atoms with Gasteiger partial charge >= 0.3 is 5.97 Å². The van der Waals surface area contributed by atoms with Gasteiger partial charge in [-0.15, -0.1) is 0 Å². The van der Waals surface area contributed by atoms with E-state index >= 15 is 0 Å². The molecule has 2 heterocycles. The van der Waals surface area contributed by atoms with Crippen molar-refractivity contribution in [3.63, 3.8) is 0 Å². The molecule has 0 unspecified atom stereocenters. The molecule has 2 aliphatic rings. The van der Waals surface area contributed by atoms with E-state index in [0.29, 0.717) is 5.75 Å². The number of fused-ring (bicyclic) bond motifs is 2. The molecule has 33 heavy (non-hydrogen) atoms. The van der Waals surface area contributed by atoms with Crippen molar-refractivity contribution in [2.75, 3.05) is 26.3 Å². The average Bonchev–Trinajstić information content (AvgIpc) is 3.04. The summed E-state index contributed by atoms with van der Waals surface area (Å²) in [5.41, 5.74) is 0.139. The molecule has 180 valence electrons. The van der Waals surface area contributed by atoms with Crippen LogP contribution in [0.25, 0.3) is 0 Å². The summed E-state index contributed by atoms with van der Waals surface area (Å²) in [5, 5.41) is 2.70. The Morgan fingerprint density at radius 3 is 2.61 bits per heavy atom. The van der Waals surface area contributed by atoms with Gasteiger partial charge in [-0.05, 0) is 26.8 Å². The zero-order valence-corrected chi connectivity index (χ0v) is 19.3. The van der Waals surface area contributed by atoms with Crippen LogP contribution in [0.15, 0.2) is 24.3 Å². The third kappa shape index (κ3) is 6.10. The van der Waals surface area contributed by atoms with Gasteiger partial charge in [-0.1, -0.05) is 6.08 Å². The first-order valence-electron chi connectivity index (χ1n) is 10.5. The van der Waals surface area contributed by atoms with Crippen LogP contribution in [0.2, 0.25) is 0 Å². The Kier molecular flexibility index (Phi) is 7.72. The maximum absolute atomic E-state index is 13.0. The third-order valence-electron chi connectivity index (χ3n) is 5.03. The van der Waals surface area contributed by atoms with Gasteiger partial charge in [0.05, 0.1) is 19.2 Å². The van der Waals surface area contributed by atoms with Crippen LogP contribution < -0.4 is 14.8 Å². The molecule has 2 aliphatic heterocycles. The Balaban J connectivity index is 2.03. The zero-order valence-electron chi connectivity index (χ0n) is 19.3. The molecule has 0 bridgehead atoms. The maximum atomic E-state index is 13.0. The maximum Gasteiger partial charge on any atom is 0.344 e. The minimum Gasteiger partial charge on any atom is -0.497 e. The molecule has 1 amide bonds. The van der Waals surface area contributed by atoms with Crippen molar-refractivity contribution in [2.45, 2.75) is 57.7 Å². The summed E-state index contributed by atoms with van der Waals surface area (Å²) >= 11 is 0. The molecule has 0 spiro atoms. The van der Waals surface area contributed by atoms with Gasteiger partial charge in [-0.3, -0.25) is 9.59 Å². The summed E-state index contributed by atoms with van der Waals surface area (Å²) in [5.74, 6) is -2.00. The van der Waals surface area contributed by atoms with Crippen molar-refractivity contribution in [1.82, 2.24) is 0 Å². The Labute approximate surface area is 192 Å². The van der Waals surface area contributed by atoms with Crippen molar-refractivity contribution >= 4 is 23.3 Å². The SMILES string of the molecule is COCOc1cc(OC)cc2c1C(=O)O[C@@H](C)C=CCC(=O)[C@H]1OC(C)(C)O[C@H]1CC(=O)N2. The summed E-state index contributed by atoms with van der Waals surface area (Å²) in [6, 6.07) is 2.99. The van der Waals surface area contributed by atoms with E-state index in [2.05, 4.69) is 5.32 Å². The zero-order chi connectivity index (χ0) is 24.2. The van der Waals surface area contributed by atoms with Gasteiger partial charge in [0.1, 0.15) is 35.4 Å². The molecular formula is C23H29NO9. The molecule has 0 aromatic heterocycles. The van der Waals surface area contributed by atoms with Crippen molar-refractivity contribution in [3.05, 3.63) is 29.8 Å². The van der Waals surface area contributed by atoms with Gasteiger partial charge in [-0.2, -0.15) is 0 Å². The van der Waals surface area contributed by atoms with Gasteiger partial charge in [0.15, 0.2) is 18.4 Å². The summed E-state index contributed by atoms with van der Waals surface area (Å²) in [6.07, 6.45) is 0.750. The van der Waals surface area contributed by atoms with Crippen LogP contribution >= 0.6 is 0 Å². The second kappa shape index (κ2) is 10.3. The highest BCUT2D eigenvalue weighted by molar-refractivity contribution is 6.04. The Bertz CT molecular complexity index is 940. The van der Waals surface area contributed by atoms with Crippen LogP contribution in [-0.2, 0) is 28.5 Å². The highest BCUT2D eigenvalue weighted by atomic mass is 16.8. The average molecular weight is 463 g/mol. The normalized spacial score (nSPS) is 25.4. The van der Waals surface area contributed by atoms with Crippen LogP contribution in [-0.4, -0.2) is 62.8 Å². The van der Waals surface area contributed by atoms with E-state index in [1.165, 1.54) is 26.4 Å². The molecule has 10 heteroatoms. The van der Waals surface area contributed by atoms with E-state index in [-0.39, 0.29) is 42.4 Å². The predicted molar refractivity (Wildman–Crippen MR) is 116 cm³/mol. The molecule has 0 radical (unpaired) electrons. The van der Waals surface area contributed by atoms with Gasteiger partial charge in [-0.25, -0.2) is 4.79 Å². The highest BCUT2D eigenvalue weighted by Crippen LogP contribution is 2.35. The van der Waals surface area contributed by atoms with Crippen molar-refractivity contribution in [3.8, 4) is 11.5 Å². The van der Waals surface area contributed by atoms with Gasteiger partial charge in [0, 0.05) is 25.7 Å². The molecule has 1 saturated heterocycles. The van der Waals surface area contributed by atoms with Crippen LogP contribution in [0.3, 0.4) is 0 Å². The topological polar surface area (TPSA) is 119 Å². The number of ketones is 1. The number of benzene rings is 1. The van der Waals surface area contributed by atoms with E-state index in [1.54, 1.807) is 32.9 Å². The lowest BCUT2D eigenvalue weighted by Gasteiger charge is -2.20. The molecule has 0 aliphatic carbocycles. The van der Waals surface area contributed by atoms with E-state index < -0.39 is 36.0 Å². The fourth-order valence-corrected chi connectivity index (χ4v) is 3.65. The van der Waals surface area contributed by atoms with Crippen molar-refractivity contribution in [2.24, 2.45) is 0 Å². The lowest BCUT2D eigenvalue weighted by molar-refractivity contribution is -0.155. The smallest absolute Gasteiger partial charge is 0.344 e. The number of carbonyl (C=O) groups excluding carboxylic acids is 3. The molecule has 3 atom stereocenters. The monoisotopic (exact) mass is 463 g/mol. The number of rotatable bonds is 4. The second-order valence-corrected chi connectivity index (χ2v) is 8.15. The van der Waals surface area contributed by atoms with Gasteiger partial charge in [0.25, 0.3) is 0 Å². The molecule has 1 N–H and O–H groups in total. The Morgan fingerprint density at radius 2 is 1.91 bits per heavy atom. The van der Waals surface area contributed by atoms with E-state index in [4.69, 9.17) is 28.4 Å². The summed E-state index contributed by atoms with van der Waals surface area (Å²) in [7, 11) is 2.88. The quantitative estimate of drug-likeness (QED) is 0.408. The standard InChI is InChI=1S/C23H29NO9/c1-13-7-6-8-16(25)21-18(32-23(2,3)33-21)11-19(26)24-15-9-14(29-5)10-17(30-12-28-4)20(15)22(27)31-13/h6-7,9-10,13,18,21H,8,11-12H2,1-5H3,(H,24,26)/t13-,18-,21+/m0/s1. The lowest BCUT2D eigenvalue weighted by Crippen LogP contribution is -2.34. The fourth-order valence-electron chi connectivity index (χ4n) is 3.65. The number of esters is 1. The molecule has 0 saturated carbocycles. The van der Waals surface area contributed by atoms with Gasteiger partial charge < -0.3 is 33.7 Å². The third-order valence-corrected chi connectivity index (χ3v) is 5.03. The number of ether oxygens (including phenoxy) is 6.